The van der Waals surface area contributed by atoms with Crippen molar-refractivity contribution in [1.82, 2.24) is 20.2 Å². The molecule has 3 rings (SSSR count). The molecular formula is C15H14ClN5O2S2. The number of amides is 1. The van der Waals surface area contributed by atoms with Crippen LogP contribution in [0.15, 0.2) is 40.9 Å². The molecule has 0 unspecified atom stereocenters. The summed E-state index contributed by atoms with van der Waals surface area (Å²) in [6.45, 7) is 0.586. The van der Waals surface area contributed by atoms with Crippen molar-refractivity contribution in [1.29, 1.82) is 0 Å². The highest BCUT2D eigenvalue weighted by molar-refractivity contribution is 7.99. The average Bonchev–Trinajstić information content (AvgIpc) is 3.26. The summed E-state index contributed by atoms with van der Waals surface area (Å²) in [6.07, 6.45) is 0. The molecule has 0 bridgehead atoms. The monoisotopic (exact) mass is 395 g/mol. The minimum Gasteiger partial charge on any atom is -0.495 e. The van der Waals surface area contributed by atoms with Crippen LogP contribution in [0.2, 0.25) is 5.02 Å². The van der Waals surface area contributed by atoms with Crippen LogP contribution < -0.4 is 10.1 Å². The van der Waals surface area contributed by atoms with Gasteiger partial charge in [0, 0.05) is 10.6 Å². The predicted molar refractivity (Wildman–Crippen MR) is 98.6 cm³/mol. The molecule has 0 fully saturated rings. The van der Waals surface area contributed by atoms with Crippen LogP contribution in [0.25, 0.3) is 0 Å². The lowest BCUT2D eigenvalue weighted by atomic mass is 10.3. The Morgan fingerprint density at radius 3 is 3.04 bits per heavy atom. The summed E-state index contributed by atoms with van der Waals surface area (Å²) in [7, 11) is 1.54. The SMILES string of the molecule is COc1ccc(NC(=O)CSc2nnnn2Cc2cccs2)cc1Cl. The molecule has 0 saturated carbocycles. The van der Waals surface area contributed by atoms with Crippen molar-refractivity contribution in [2.24, 2.45) is 0 Å². The number of methoxy groups -OCH3 is 1. The van der Waals surface area contributed by atoms with Gasteiger partial charge in [-0.05, 0) is 40.1 Å². The van der Waals surface area contributed by atoms with E-state index in [0.29, 0.717) is 28.2 Å². The van der Waals surface area contributed by atoms with E-state index in [1.165, 1.54) is 18.9 Å². The Balaban J connectivity index is 1.56. The molecule has 0 aliphatic heterocycles. The number of carbonyl (C=O) groups excluding carboxylic acids is 1. The quantitative estimate of drug-likeness (QED) is 0.619. The fourth-order valence-electron chi connectivity index (χ4n) is 2.02. The Morgan fingerprint density at radius 2 is 2.32 bits per heavy atom. The first-order valence-corrected chi connectivity index (χ1v) is 9.45. The highest BCUT2D eigenvalue weighted by atomic mass is 35.5. The number of rotatable bonds is 7. The Hall–Kier alpha value is -2.10. The summed E-state index contributed by atoms with van der Waals surface area (Å²) < 4.78 is 6.76. The summed E-state index contributed by atoms with van der Waals surface area (Å²) in [4.78, 5) is 13.3. The number of nitrogens with one attached hydrogen (secondary N) is 1. The molecule has 2 heterocycles. The standard InChI is InChI=1S/C15H14ClN5O2S2/c1-23-13-5-4-10(7-12(13)16)17-14(22)9-25-15-18-19-20-21(15)8-11-3-2-6-24-11/h2-7H,8-9H2,1H3,(H,17,22). The van der Waals surface area contributed by atoms with E-state index in [1.807, 2.05) is 17.5 Å². The van der Waals surface area contributed by atoms with Crippen molar-refractivity contribution >= 4 is 46.3 Å². The van der Waals surface area contributed by atoms with Crippen LogP contribution in [0.5, 0.6) is 5.75 Å². The Labute approximate surface area is 157 Å². The lowest BCUT2D eigenvalue weighted by Crippen LogP contribution is -2.14. The number of tetrazole rings is 1. The molecule has 2 aromatic heterocycles. The Kier molecular flexibility index (Phi) is 5.90. The largest absolute Gasteiger partial charge is 0.495 e. The van der Waals surface area contributed by atoms with Crippen molar-refractivity contribution in [2.75, 3.05) is 18.2 Å². The van der Waals surface area contributed by atoms with Gasteiger partial charge in [-0.25, -0.2) is 4.68 Å². The van der Waals surface area contributed by atoms with Crippen molar-refractivity contribution in [3.63, 3.8) is 0 Å². The molecule has 1 amide bonds. The van der Waals surface area contributed by atoms with Crippen LogP contribution in [0.4, 0.5) is 5.69 Å². The van der Waals surface area contributed by atoms with Gasteiger partial charge >= 0.3 is 0 Å². The number of ether oxygens (including phenoxy) is 1. The number of hydrogen-bond acceptors (Lipinski definition) is 7. The number of benzene rings is 1. The molecule has 25 heavy (non-hydrogen) atoms. The molecule has 0 saturated heterocycles. The number of nitrogens with zero attached hydrogens (tertiary/aromatic N) is 4. The molecule has 10 heteroatoms. The normalized spacial score (nSPS) is 10.6. The van der Waals surface area contributed by atoms with Gasteiger partial charge in [0.2, 0.25) is 11.1 Å². The molecule has 130 valence electrons. The first-order chi connectivity index (χ1) is 12.2. The number of anilines is 1. The molecule has 0 radical (unpaired) electrons. The average molecular weight is 396 g/mol. The van der Waals surface area contributed by atoms with E-state index < -0.39 is 0 Å². The highest BCUT2D eigenvalue weighted by Crippen LogP contribution is 2.27. The van der Waals surface area contributed by atoms with Gasteiger partial charge in [-0.2, -0.15) is 0 Å². The lowest BCUT2D eigenvalue weighted by molar-refractivity contribution is -0.113. The molecule has 1 N–H and O–H groups in total. The fraction of sp³-hybridized carbons (Fsp3) is 0.200. The summed E-state index contributed by atoms with van der Waals surface area (Å²) in [5, 5.41) is 17.4. The summed E-state index contributed by atoms with van der Waals surface area (Å²) in [6, 6.07) is 9.07. The van der Waals surface area contributed by atoms with Crippen LogP contribution in [0.3, 0.4) is 0 Å². The van der Waals surface area contributed by atoms with Crippen molar-refractivity contribution < 1.29 is 9.53 Å². The number of halogens is 1. The van der Waals surface area contributed by atoms with Gasteiger partial charge < -0.3 is 10.1 Å². The minimum atomic E-state index is -0.170. The molecule has 1 aromatic carbocycles. The topological polar surface area (TPSA) is 81.9 Å². The van der Waals surface area contributed by atoms with Gasteiger partial charge in [-0.1, -0.05) is 29.4 Å². The van der Waals surface area contributed by atoms with Gasteiger partial charge in [-0.3, -0.25) is 4.79 Å². The molecule has 7 nitrogen and oxygen atoms in total. The maximum Gasteiger partial charge on any atom is 0.234 e. The van der Waals surface area contributed by atoms with E-state index in [-0.39, 0.29) is 11.7 Å². The number of thiophene rings is 1. The predicted octanol–water partition coefficient (Wildman–Crippen LogP) is 3.18. The second-order valence-corrected chi connectivity index (χ2v) is 7.27. The van der Waals surface area contributed by atoms with E-state index in [1.54, 1.807) is 34.2 Å². The van der Waals surface area contributed by atoms with E-state index in [4.69, 9.17) is 16.3 Å². The number of aromatic nitrogens is 4. The summed E-state index contributed by atoms with van der Waals surface area (Å²) >= 11 is 8.96. The molecule has 3 aromatic rings. The molecule has 0 spiro atoms. The van der Waals surface area contributed by atoms with Crippen molar-refractivity contribution in [3.05, 3.63) is 45.6 Å². The Bertz CT molecular complexity index is 853. The van der Waals surface area contributed by atoms with Crippen molar-refractivity contribution in [2.45, 2.75) is 11.7 Å². The zero-order valence-electron chi connectivity index (χ0n) is 13.2. The maximum absolute atomic E-state index is 12.1. The maximum atomic E-state index is 12.1. The zero-order chi connectivity index (χ0) is 17.6. The van der Waals surface area contributed by atoms with Crippen molar-refractivity contribution in [3.8, 4) is 5.75 Å². The first-order valence-electron chi connectivity index (χ1n) is 7.20. The van der Waals surface area contributed by atoms with Crippen LogP contribution in [-0.2, 0) is 11.3 Å². The number of thioether (sulfide) groups is 1. The van der Waals surface area contributed by atoms with E-state index in [0.717, 1.165) is 4.88 Å². The summed E-state index contributed by atoms with van der Waals surface area (Å²) in [5.74, 6) is 0.577. The zero-order valence-corrected chi connectivity index (χ0v) is 15.6. The molecule has 0 aliphatic carbocycles. The third kappa shape index (κ3) is 4.71. The smallest absolute Gasteiger partial charge is 0.234 e. The van der Waals surface area contributed by atoms with Gasteiger partial charge in [0.1, 0.15) is 5.75 Å². The Morgan fingerprint density at radius 1 is 1.44 bits per heavy atom. The van der Waals surface area contributed by atoms with Gasteiger partial charge in [0.15, 0.2) is 0 Å². The van der Waals surface area contributed by atoms with Gasteiger partial charge in [0.05, 0.1) is 24.4 Å². The van der Waals surface area contributed by atoms with E-state index in [2.05, 4.69) is 20.8 Å². The van der Waals surface area contributed by atoms with Gasteiger partial charge in [-0.15, -0.1) is 16.4 Å². The van der Waals surface area contributed by atoms with Gasteiger partial charge in [0.25, 0.3) is 0 Å². The fourth-order valence-corrected chi connectivity index (χ4v) is 3.64. The molecule has 0 atom stereocenters. The number of carbonyl (C=O) groups is 1. The highest BCUT2D eigenvalue weighted by Gasteiger charge is 2.12. The van der Waals surface area contributed by atoms with E-state index >= 15 is 0 Å². The molecular weight excluding hydrogens is 382 g/mol. The minimum absolute atomic E-state index is 0.170. The van der Waals surface area contributed by atoms with Crippen LogP contribution in [-0.4, -0.2) is 39.0 Å². The second-order valence-electron chi connectivity index (χ2n) is 4.88. The van der Waals surface area contributed by atoms with Crippen LogP contribution in [0.1, 0.15) is 4.88 Å². The van der Waals surface area contributed by atoms with E-state index in [9.17, 15) is 4.79 Å². The third-order valence-electron chi connectivity index (χ3n) is 3.15. The second kappa shape index (κ2) is 8.32. The van der Waals surface area contributed by atoms with Crippen LogP contribution >= 0.6 is 34.7 Å². The third-order valence-corrected chi connectivity index (χ3v) is 5.27. The van der Waals surface area contributed by atoms with Crippen LogP contribution in [0, 0.1) is 0 Å². The lowest BCUT2D eigenvalue weighted by Gasteiger charge is -2.08. The summed E-state index contributed by atoms with van der Waals surface area (Å²) in [5.41, 5.74) is 0.606. The number of hydrogen-bond donors (Lipinski definition) is 1. The first kappa shape index (κ1) is 17.7. The molecule has 0 aliphatic rings.